The molecule has 4 heterocycles. The third-order valence-corrected chi connectivity index (χ3v) is 5.91. The van der Waals surface area contributed by atoms with Gasteiger partial charge in [-0.1, -0.05) is 5.92 Å². The number of ether oxygens (including phenoxy) is 2. The van der Waals surface area contributed by atoms with E-state index in [0.29, 0.717) is 18.8 Å². The molecule has 3 aromatic heterocycles. The second-order valence-corrected chi connectivity index (χ2v) is 7.92. The van der Waals surface area contributed by atoms with Gasteiger partial charge in [0.25, 0.3) is 0 Å². The molecule has 0 aliphatic carbocycles. The lowest BCUT2D eigenvalue weighted by Crippen LogP contribution is -2.09. The second-order valence-electron chi connectivity index (χ2n) is 7.09. The van der Waals surface area contributed by atoms with Crippen molar-refractivity contribution in [3.63, 3.8) is 0 Å². The highest BCUT2D eigenvalue weighted by Crippen LogP contribution is 2.34. The predicted molar refractivity (Wildman–Crippen MR) is 121 cm³/mol. The van der Waals surface area contributed by atoms with Crippen molar-refractivity contribution in [2.45, 2.75) is 18.2 Å². The van der Waals surface area contributed by atoms with Crippen LogP contribution in [0, 0.1) is 11.8 Å². The number of hydrogen-bond donors (Lipinski definition) is 0. The molecule has 32 heavy (non-hydrogen) atoms. The van der Waals surface area contributed by atoms with E-state index in [9.17, 15) is 0 Å². The lowest BCUT2D eigenvalue weighted by molar-refractivity contribution is 0.174. The Morgan fingerprint density at radius 2 is 2.00 bits per heavy atom. The molecule has 1 aliphatic rings. The predicted octanol–water partition coefficient (Wildman–Crippen LogP) is 3.16. The van der Waals surface area contributed by atoms with Crippen molar-refractivity contribution in [3.8, 4) is 34.7 Å². The smallest absolute Gasteiger partial charge is 0.166 e. The van der Waals surface area contributed by atoms with Gasteiger partial charge in [0.1, 0.15) is 24.4 Å². The van der Waals surface area contributed by atoms with Gasteiger partial charge in [-0.05, 0) is 42.5 Å². The highest BCUT2D eigenvalue weighted by atomic mass is 32.2. The normalized spacial score (nSPS) is 11.6. The van der Waals surface area contributed by atoms with Gasteiger partial charge in [-0.2, -0.15) is 0 Å². The molecule has 0 N–H and O–H groups in total. The Bertz CT molecular complexity index is 1350. The van der Waals surface area contributed by atoms with Crippen molar-refractivity contribution < 1.29 is 9.47 Å². The maximum atomic E-state index is 5.45. The van der Waals surface area contributed by atoms with Crippen LogP contribution in [-0.2, 0) is 17.9 Å². The van der Waals surface area contributed by atoms with E-state index < -0.39 is 0 Å². The van der Waals surface area contributed by atoms with Crippen LogP contribution in [0.15, 0.2) is 47.9 Å². The number of benzene rings is 1. The van der Waals surface area contributed by atoms with Gasteiger partial charge in [0, 0.05) is 24.4 Å². The van der Waals surface area contributed by atoms with E-state index in [1.165, 1.54) is 0 Å². The number of pyridine rings is 1. The average molecular weight is 445 g/mol. The first-order chi connectivity index (χ1) is 15.7. The first-order valence-corrected chi connectivity index (χ1v) is 11.1. The quantitative estimate of drug-likeness (QED) is 0.311. The van der Waals surface area contributed by atoms with Crippen LogP contribution in [-0.4, -0.2) is 49.8 Å². The maximum Gasteiger partial charge on any atom is 0.166 e. The molecule has 0 amide bonds. The molecule has 8 nitrogen and oxygen atoms in total. The zero-order valence-corrected chi connectivity index (χ0v) is 18.7. The van der Waals surface area contributed by atoms with Gasteiger partial charge >= 0.3 is 0 Å². The van der Waals surface area contributed by atoms with Gasteiger partial charge in [-0.15, -0.1) is 22.0 Å². The highest BCUT2D eigenvalue weighted by molar-refractivity contribution is 7.98. The van der Waals surface area contributed by atoms with Crippen LogP contribution in [0.1, 0.15) is 22.8 Å². The minimum absolute atomic E-state index is 0.356. The molecule has 0 unspecified atom stereocenters. The summed E-state index contributed by atoms with van der Waals surface area (Å²) in [6, 6.07) is 9.83. The minimum atomic E-state index is 0.356. The Balaban J connectivity index is 1.64. The van der Waals surface area contributed by atoms with Crippen molar-refractivity contribution in [1.29, 1.82) is 0 Å². The Labute approximate surface area is 189 Å². The number of hydrogen-bond acceptors (Lipinski definition) is 7. The van der Waals surface area contributed by atoms with Crippen molar-refractivity contribution in [3.05, 3.63) is 65.6 Å². The second kappa shape index (κ2) is 8.49. The summed E-state index contributed by atoms with van der Waals surface area (Å²) in [5.41, 5.74) is 4.35. The van der Waals surface area contributed by atoms with Crippen LogP contribution in [0.2, 0.25) is 0 Å². The Morgan fingerprint density at radius 3 is 2.75 bits per heavy atom. The van der Waals surface area contributed by atoms with Crippen molar-refractivity contribution in [2.75, 3.05) is 20.5 Å². The molecule has 5 rings (SSSR count). The van der Waals surface area contributed by atoms with Crippen LogP contribution in [0.5, 0.6) is 5.75 Å². The van der Waals surface area contributed by atoms with E-state index in [-0.39, 0.29) is 0 Å². The van der Waals surface area contributed by atoms with E-state index in [2.05, 4.69) is 36.6 Å². The summed E-state index contributed by atoms with van der Waals surface area (Å²) in [6.07, 6.45) is 5.58. The van der Waals surface area contributed by atoms with Crippen LogP contribution < -0.4 is 4.74 Å². The molecule has 0 saturated carbocycles. The van der Waals surface area contributed by atoms with E-state index in [1.807, 2.05) is 41.2 Å². The summed E-state index contributed by atoms with van der Waals surface area (Å²) in [5.74, 6) is 8.65. The van der Waals surface area contributed by atoms with Gasteiger partial charge in [0.2, 0.25) is 0 Å². The van der Waals surface area contributed by atoms with Crippen molar-refractivity contribution in [1.82, 2.24) is 29.3 Å². The molecular formula is C23H20N6O2S. The van der Waals surface area contributed by atoms with Crippen LogP contribution in [0.25, 0.3) is 17.1 Å². The van der Waals surface area contributed by atoms with E-state index >= 15 is 0 Å². The number of imidazole rings is 1. The fraction of sp³-hybridized carbons (Fsp3) is 0.217. The third kappa shape index (κ3) is 3.53. The van der Waals surface area contributed by atoms with Crippen molar-refractivity contribution in [2.24, 2.45) is 0 Å². The fourth-order valence-electron chi connectivity index (χ4n) is 3.66. The highest BCUT2D eigenvalue weighted by Gasteiger charge is 2.26. The summed E-state index contributed by atoms with van der Waals surface area (Å²) in [7, 11) is 3.29. The Morgan fingerprint density at radius 1 is 1.09 bits per heavy atom. The summed E-state index contributed by atoms with van der Waals surface area (Å²) >= 11 is 1.60. The number of methoxy groups -OCH3 is 2. The molecule has 0 bridgehead atoms. The monoisotopic (exact) mass is 444 g/mol. The fourth-order valence-corrected chi connectivity index (χ4v) is 4.02. The molecule has 9 heteroatoms. The molecule has 0 fully saturated rings. The summed E-state index contributed by atoms with van der Waals surface area (Å²) in [5, 5.41) is 9.77. The standard InChI is InChI=1S/C23H20N6O2S/c1-30-13-21-26-27-23-17-10-16(31-2)6-8-19(17)29-14-25-18(20(29)12-28(21)23)7-4-15-5-9-22(32-3)24-11-15/h5-6,8-11,14H,12-13H2,1-3H3. The first kappa shape index (κ1) is 20.3. The van der Waals surface area contributed by atoms with Gasteiger partial charge in [-0.25, -0.2) is 9.97 Å². The van der Waals surface area contributed by atoms with Gasteiger partial charge in [0.05, 0.1) is 30.1 Å². The lowest BCUT2D eigenvalue weighted by Gasteiger charge is -2.09. The van der Waals surface area contributed by atoms with E-state index in [4.69, 9.17) is 9.47 Å². The Hall–Kier alpha value is -3.61. The Kier molecular flexibility index (Phi) is 5.39. The third-order valence-electron chi connectivity index (χ3n) is 5.25. The molecule has 0 radical (unpaired) electrons. The summed E-state index contributed by atoms with van der Waals surface area (Å²) < 4.78 is 14.9. The number of thioether (sulfide) groups is 1. The number of aromatic nitrogens is 6. The van der Waals surface area contributed by atoms with Crippen LogP contribution in [0.3, 0.4) is 0 Å². The molecule has 0 atom stereocenters. The molecular weight excluding hydrogens is 424 g/mol. The number of rotatable bonds is 4. The molecule has 4 aromatic rings. The topological polar surface area (TPSA) is 79.9 Å². The zero-order chi connectivity index (χ0) is 22.1. The molecule has 0 saturated heterocycles. The van der Waals surface area contributed by atoms with Gasteiger partial charge in [-0.3, -0.25) is 4.57 Å². The van der Waals surface area contributed by atoms with Gasteiger partial charge < -0.3 is 14.0 Å². The number of nitrogens with zero attached hydrogens (tertiary/aromatic N) is 6. The largest absolute Gasteiger partial charge is 0.497 e. The molecule has 0 spiro atoms. The summed E-state index contributed by atoms with van der Waals surface area (Å²) in [4.78, 5) is 9.00. The molecule has 160 valence electrons. The number of fused-ring (bicyclic) bond motifs is 5. The zero-order valence-electron chi connectivity index (χ0n) is 17.9. The molecule has 1 aromatic carbocycles. The molecule has 1 aliphatic heterocycles. The van der Waals surface area contributed by atoms with Gasteiger partial charge in [0.15, 0.2) is 11.6 Å². The maximum absolute atomic E-state index is 5.45. The first-order valence-electron chi connectivity index (χ1n) is 9.90. The lowest BCUT2D eigenvalue weighted by atomic mass is 10.1. The SMILES string of the molecule is COCc1nnc2n1Cc1c(C#Cc3ccc(SC)nc3)ncn1-c1ccc(OC)cc1-2. The minimum Gasteiger partial charge on any atom is -0.497 e. The summed E-state index contributed by atoms with van der Waals surface area (Å²) in [6.45, 7) is 0.876. The van der Waals surface area contributed by atoms with E-state index in [1.54, 1.807) is 38.5 Å². The van der Waals surface area contributed by atoms with E-state index in [0.717, 1.165) is 44.9 Å². The van der Waals surface area contributed by atoms with Crippen LogP contribution >= 0.6 is 11.8 Å². The average Bonchev–Trinajstić information content (AvgIpc) is 3.39. The van der Waals surface area contributed by atoms with Crippen LogP contribution in [0.4, 0.5) is 0 Å². The van der Waals surface area contributed by atoms with Crippen molar-refractivity contribution >= 4 is 11.8 Å².